The van der Waals surface area contributed by atoms with Crippen molar-refractivity contribution in [3.63, 3.8) is 0 Å². The highest BCUT2D eigenvalue weighted by Gasteiger charge is 2.51. The van der Waals surface area contributed by atoms with Crippen molar-refractivity contribution in [1.29, 1.82) is 5.41 Å². The van der Waals surface area contributed by atoms with Crippen molar-refractivity contribution in [2.24, 2.45) is 16.8 Å². The van der Waals surface area contributed by atoms with Gasteiger partial charge in [-0.2, -0.15) is 0 Å². The Morgan fingerprint density at radius 2 is 2.11 bits per heavy atom. The Labute approximate surface area is 158 Å². The van der Waals surface area contributed by atoms with Crippen LogP contribution in [-0.4, -0.2) is 43.4 Å². The van der Waals surface area contributed by atoms with E-state index in [4.69, 9.17) is 14.8 Å². The highest BCUT2D eigenvalue weighted by atomic mass is 16.4. The molecule has 3 N–H and O–H groups in total. The number of hydrogen-bond donors (Lipinski definition) is 3. The fourth-order valence-electron chi connectivity index (χ4n) is 5.56. The molecule has 2 heterocycles. The molecule has 3 atom stereocenters. The molecule has 0 amide bonds. The smallest absolute Gasteiger partial charge is 0.230 e. The zero-order chi connectivity index (χ0) is 19.1. The number of nitrogens with zero attached hydrogens (tertiary/aromatic N) is 3. The molecule has 2 bridgehead atoms. The largest absolute Gasteiger partial charge is 0.427 e. The molecule has 7 nitrogen and oxygen atoms in total. The van der Waals surface area contributed by atoms with Crippen LogP contribution >= 0.6 is 0 Å². The molecule has 2 aromatic heterocycles. The molecule has 0 spiro atoms. The SMILES string of the molecule is CC1CC2(O)CC(C)CC(N=C(c3ccc[nH]3)C(C=N)c3nnco3)(C1)C2. The molecule has 2 aliphatic carbocycles. The number of nitrogens with one attached hydrogen (secondary N) is 2. The number of rotatable bonds is 5. The quantitative estimate of drug-likeness (QED) is 0.702. The van der Waals surface area contributed by atoms with E-state index in [0.717, 1.165) is 37.1 Å². The number of aromatic amines is 1. The van der Waals surface area contributed by atoms with E-state index in [1.807, 2.05) is 18.3 Å². The Morgan fingerprint density at radius 3 is 2.67 bits per heavy atom. The number of hydrogen-bond acceptors (Lipinski definition) is 6. The third-order valence-electron chi connectivity index (χ3n) is 5.91. The minimum Gasteiger partial charge on any atom is -0.427 e. The summed E-state index contributed by atoms with van der Waals surface area (Å²) < 4.78 is 5.40. The lowest BCUT2D eigenvalue weighted by Gasteiger charge is -2.52. The van der Waals surface area contributed by atoms with Gasteiger partial charge in [0.05, 0.1) is 22.5 Å². The monoisotopic (exact) mass is 369 g/mol. The Bertz CT molecular complexity index is 798. The van der Waals surface area contributed by atoms with Crippen LogP contribution < -0.4 is 0 Å². The summed E-state index contributed by atoms with van der Waals surface area (Å²) in [6, 6.07) is 3.87. The Hall–Kier alpha value is -2.28. The first-order valence-corrected chi connectivity index (χ1v) is 9.64. The summed E-state index contributed by atoms with van der Waals surface area (Å²) in [5.74, 6) is 0.666. The number of aliphatic hydroxyl groups is 1. The van der Waals surface area contributed by atoms with Crippen LogP contribution in [0.15, 0.2) is 34.1 Å². The summed E-state index contributed by atoms with van der Waals surface area (Å²) in [7, 11) is 0. The van der Waals surface area contributed by atoms with Crippen LogP contribution in [0, 0.1) is 17.2 Å². The van der Waals surface area contributed by atoms with Gasteiger partial charge in [-0.05, 0) is 49.7 Å². The molecule has 2 aromatic rings. The van der Waals surface area contributed by atoms with Crippen molar-refractivity contribution in [3.05, 3.63) is 36.3 Å². The van der Waals surface area contributed by atoms with Crippen molar-refractivity contribution in [2.45, 2.75) is 63.0 Å². The average Bonchev–Trinajstić information content (AvgIpc) is 3.26. The number of fused-ring (bicyclic) bond motifs is 2. The highest BCUT2D eigenvalue weighted by Crippen LogP contribution is 2.52. The summed E-state index contributed by atoms with van der Waals surface area (Å²) in [4.78, 5) is 8.47. The number of aromatic nitrogens is 3. The van der Waals surface area contributed by atoms with Gasteiger partial charge in [0.2, 0.25) is 12.3 Å². The predicted octanol–water partition coefficient (Wildman–Crippen LogP) is 3.34. The Morgan fingerprint density at radius 1 is 1.37 bits per heavy atom. The predicted molar refractivity (Wildman–Crippen MR) is 102 cm³/mol. The molecule has 2 aliphatic rings. The molecule has 4 rings (SSSR count). The van der Waals surface area contributed by atoms with E-state index in [1.165, 1.54) is 12.6 Å². The van der Waals surface area contributed by atoms with Gasteiger partial charge in [0, 0.05) is 18.8 Å². The molecule has 0 aromatic carbocycles. The molecule has 7 heteroatoms. The van der Waals surface area contributed by atoms with Gasteiger partial charge in [-0.3, -0.25) is 4.99 Å². The van der Waals surface area contributed by atoms with Crippen LogP contribution in [0.5, 0.6) is 0 Å². The molecule has 27 heavy (non-hydrogen) atoms. The molecule has 0 radical (unpaired) electrons. The second-order valence-electron chi connectivity index (χ2n) is 8.65. The van der Waals surface area contributed by atoms with Crippen LogP contribution in [0.4, 0.5) is 0 Å². The first-order chi connectivity index (χ1) is 12.9. The molecular weight excluding hydrogens is 342 g/mol. The summed E-state index contributed by atoms with van der Waals surface area (Å²) in [5.41, 5.74) is 0.594. The highest BCUT2D eigenvalue weighted by molar-refractivity contribution is 6.11. The summed E-state index contributed by atoms with van der Waals surface area (Å²) >= 11 is 0. The van der Waals surface area contributed by atoms with Crippen LogP contribution in [0.2, 0.25) is 0 Å². The topological polar surface area (TPSA) is 111 Å². The molecular formula is C20H27N5O2. The van der Waals surface area contributed by atoms with Crippen molar-refractivity contribution in [2.75, 3.05) is 0 Å². The molecule has 2 saturated carbocycles. The van der Waals surface area contributed by atoms with E-state index >= 15 is 0 Å². The summed E-state index contributed by atoms with van der Waals surface area (Å²) in [6.45, 7) is 4.40. The lowest BCUT2D eigenvalue weighted by atomic mass is 9.59. The number of H-pyrrole nitrogens is 1. The first-order valence-electron chi connectivity index (χ1n) is 9.64. The fourth-order valence-corrected chi connectivity index (χ4v) is 5.56. The lowest BCUT2D eigenvalue weighted by molar-refractivity contribution is -0.0885. The van der Waals surface area contributed by atoms with E-state index in [1.54, 1.807) is 0 Å². The first kappa shape index (κ1) is 18.1. The van der Waals surface area contributed by atoms with Gasteiger partial charge in [0.1, 0.15) is 5.92 Å². The van der Waals surface area contributed by atoms with Crippen LogP contribution in [0.25, 0.3) is 0 Å². The minimum absolute atomic E-state index is 0.328. The maximum atomic E-state index is 11.2. The van der Waals surface area contributed by atoms with Crippen molar-refractivity contribution in [1.82, 2.24) is 15.2 Å². The molecule has 0 aliphatic heterocycles. The minimum atomic E-state index is -0.648. The maximum Gasteiger partial charge on any atom is 0.230 e. The lowest BCUT2D eigenvalue weighted by Crippen LogP contribution is -2.53. The van der Waals surface area contributed by atoms with Gasteiger partial charge in [-0.1, -0.05) is 13.8 Å². The van der Waals surface area contributed by atoms with Crippen molar-refractivity contribution < 1.29 is 9.52 Å². The molecule has 144 valence electrons. The van der Waals surface area contributed by atoms with Gasteiger partial charge in [0.25, 0.3) is 0 Å². The van der Waals surface area contributed by atoms with Crippen LogP contribution in [-0.2, 0) is 0 Å². The standard InChI is InChI=1S/C20H27N5O2/c1-13-6-19(7-14(2)9-20(26,8-13)11-19)24-17(16-4-3-5-22-16)15(10-21)18-25-23-12-27-18/h3-5,10,12-15,21-22,26H,6-9,11H2,1-2H3. The van der Waals surface area contributed by atoms with E-state index in [9.17, 15) is 5.11 Å². The third-order valence-corrected chi connectivity index (χ3v) is 5.91. The van der Waals surface area contributed by atoms with Crippen LogP contribution in [0.3, 0.4) is 0 Å². The maximum absolute atomic E-state index is 11.2. The van der Waals surface area contributed by atoms with Crippen molar-refractivity contribution >= 4 is 11.9 Å². The fraction of sp³-hybridized carbons (Fsp3) is 0.600. The zero-order valence-corrected chi connectivity index (χ0v) is 15.9. The molecule has 2 fully saturated rings. The van der Waals surface area contributed by atoms with Gasteiger partial charge < -0.3 is 19.9 Å². The van der Waals surface area contributed by atoms with E-state index in [-0.39, 0.29) is 5.54 Å². The normalized spacial score (nSPS) is 35.0. The Balaban J connectivity index is 1.81. The number of aliphatic imine (C=N–C) groups is 1. The average molecular weight is 369 g/mol. The van der Waals surface area contributed by atoms with Gasteiger partial charge >= 0.3 is 0 Å². The second-order valence-corrected chi connectivity index (χ2v) is 8.65. The van der Waals surface area contributed by atoms with E-state index < -0.39 is 11.5 Å². The van der Waals surface area contributed by atoms with Crippen LogP contribution in [0.1, 0.15) is 63.5 Å². The zero-order valence-electron chi connectivity index (χ0n) is 15.9. The molecule has 0 saturated heterocycles. The van der Waals surface area contributed by atoms with Gasteiger partial charge in [0.15, 0.2) is 0 Å². The summed E-state index contributed by atoms with van der Waals surface area (Å²) in [6.07, 6.45) is 8.66. The van der Waals surface area contributed by atoms with Crippen molar-refractivity contribution in [3.8, 4) is 0 Å². The van der Waals surface area contributed by atoms with Gasteiger partial charge in [-0.25, -0.2) is 0 Å². The van der Waals surface area contributed by atoms with E-state index in [2.05, 4.69) is 29.0 Å². The third kappa shape index (κ3) is 3.48. The molecule has 3 unspecified atom stereocenters. The van der Waals surface area contributed by atoms with E-state index in [0.29, 0.717) is 24.1 Å². The van der Waals surface area contributed by atoms with Gasteiger partial charge in [-0.15, -0.1) is 10.2 Å². The Kier molecular flexibility index (Phi) is 4.50. The summed E-state index contributed by atoms with van der Waals surface area (Å²) in [5, 5.41) is 26.9. The second kappa shape index (κ2) is 6.71.